The van der Waals surface area contributed by atoms with E-state index in [0.717, 1.165) is 43.1 Å². The lowest BCUT2D eigenvalue weighted by Gasteiger charge is -2.62. The summed E-state index contributed by atoms with van der Waals surface area (Å²) in [5.74, 6) is 1.87. The smallest absolute Gasteiger partial charge is 0.151 e. The van der Waals surface area contributed by atoms with Crippen LogP contribution in [0.25, 0.3) is 10.9 Å². The molecule has 2 fully saturated rings. The first-order valence-corrected chi connectivity index (χ1v) is 12.0. The maximum atomic E-state index is 12.8. The third-order valence-electron chi connectivity index (χ3n) is 9.29. The molecular formula is C27H29ClN2O2. The van der Waals surface area contributed by atoms with Crippen molar-refractivity contribution in [1.29, 1.82) is 0 Å². The summed E-state index contributed by atoms with van der Waals surface area (Å²) in [6, 6.07) is 13.3. The van der Waals surface area contributed by atoms with E-state index in [1.807, 2.05) is 0 Å². The average molecular weight is 449 g/mol. The van der Waals surface area contributed by atoms with E-state index in [2.05, 4.69) is 53.2 Å². The van der Waals surface area contributed by atoms with Gasteiger partial charge < -0.3 is 14.8 Å². The zero-order valence-corrected chi connectivity index (χ0v) is 19.2. The fourth-order valence-corrected chi connectivity index (χ4v) is 7.72. The van der Waals surface area contributed by atoms with Crippen molar-refractivity contribution in [3.05, 3.63) is 64.3 Å². The van der Waals surface area contributed by atoms with Crippen LogP contribution in [0.1, 0.15) is 53.3 Å². The number of aryl methyl sites for hydroxylation is 1. The van der Waals surface area contributed by atoms with Crippen LogP contribution in [0.2, 0.25) is 0 Å². The first-order valence-electron chi connectivity index (χ1n) is 12.0. The zero-order valence-electron chi connectivity index (χ0n) is 18.4. The molecule has 1 saturated carbocycles. The fourth-order valence-electron chi connectivity index (χ4n) is 7.72. The van der Waals surface area contributed by atoms with Gasteiger partial charge in [0.1, 0.15) is 5.75 Å². The number of aromatic amines is 1. The van der Waals surface area contributed by atoms with Crippen molar-refractivity contribution in [3.8, 4) is 5.75 Å². The number of H-pyrrole nitrogens is 1. The van der Waals surface area contributed by atoms with Crippen LogP contribution in [0.5, 0.6) is 5.75 Å². The number of nitrogens with zero attached hydrogens (tertiary/aromatic N) is 1. The van der Waals surface area contributed by atoms with Gasteiger partial charge in [0.05, 0.1) is 16.7 Å². The van der Waals surface area contributed by atoms with E-state index in [9.17, 15) is 5.11 Å². The molecule has 1 spiro atoms. The minimum Gasteiger partial charge on any atom is -0.483 e. The van der Waals surface area contributed by atoms with Crippen LogP contribution in [0, 0.1) is 12.8 Å². The number of rotatable bonds is 2. The number of hydrogen-bond donors (Lipinski definition) is 2. The van der Waals surface area contributed by atoms with E-state index >= 15 is 0 Å². The second-order valence-corrected chi connectivity index (χ2v) is 10.8. The van der Waals surface area contributed by atoms with Crippen LogP contribution in [-0.4, -0.2) is 39.7 Å². The van der Waals surface area contributed by atoms with Crippen LogP contribution in [0.4, 0.5) is 0 Å². The summed E-state index contributed by atoms with van der Waals surface area (Å²) < 4.78 is 6.85. The second kappa shape index (κ2) is 6.11. The molecule has 2 aromatic carbocycles. The van der Waals surface area contributed by atoms with Gasteiger partial charge in [-0.15, -0.1) is 12.4 Å². The molecule has 0 radical (unpaired) electrons. The molecule has 3 aromatic rings. The summed E-state index contributed by atoms with van der Waals surface area (Å²) in [4.78, 5) is 6.36. The number of aliphatic hydroxyl groups is 1. The lowest BCUT2D eigenvalue weighted by Crippen LogP contribution is -2.74. The van der Waals surface area contributed by atoms with Crippen LogP contribution >= 0.6 is 12.4 Å². The van der Waals surface area contributed by atoms with E-state index in [-0.39, 0.29) is 30.0 Å². The fraction of sp³-hybridized carbons (Fsp3) is 0.481. The quantitative estimate of drug-likeness (QED) is 0.602. The Morgan fingerprint density at radius 2 is 2.03 bits per heavy atom. The van der Waals surface area contributed by atoms with Gasteiger partial charge in [0, 0.05) is 35.5 Å². The minimum atomic E-state index is -0.797. The molecule has 1 aromatic heterocycles. The Morgan fingerprint density at radius 3 is 2.88 bits per heavy atom. The van der Waals surface area contributed by atoms with Crippen LogP contribution in [0.3, 0.4) is 0 Å². The van der Waals surface area contributed by atoms with Gasteiger partial charge in [-0.25, -0.2) is 0 Å². The number of hydrogen-bond acceptors (Lipinski definition) is 3. The number of para-hydroxylation sites is 1. The number of benzene rings is 2. The largest absolute Gasteiger partial charge is 0.483 e. The number of aromatic nitrogens is 1. The summed E-state index contributed by atoms with van der Waals surface area (Å²) in [5, 5.41) is 14.0. The molecule has 3 heterocycles. The Morgan fingerprint density at radius 1 is 1.19 bits per heavy atom. The Hall–Kier alpha value is -2.01. The van der Waals surface area contributed by atoms with Crippen molar-refractivity contribution in [2.75, 3.05) is 13.1 Å². The number of ether oxygens (including phenoxy) is 1. The van der Waals surface area contributed by atoms with Gasteiger partial charge in [0.2, 0.25) is 0 Å². The first-order chi connectivity index (χ1) is 15.1. The molecule has 1 saturated heterocycles. The van der Waals surface area contributed by atoms with Crippen LogP contribution in [-0.2, 0) is 18.3 Å². The number of piperidine rings is 1. The van der Waals surface area contributed by atoms with Crippen LogP contribution in [0.15, 0.2) is 36.4 Å². The van der Waals surface area contributed by atoms with E-state index in [1.54, 1.807) is 0 Å². The molecule has 2 bridgehead atoms. The minimum absolute atomic E-state index is 0. The Kier molecular flexibility index (Phi) is 3.71. The molecule has 166 valence electrons. The molecule has 2 N–H and O–H groups in total. The van der Waals surface area contributed by atoms with Crippen molar-refractivity contribution in [2.24, 2.45) is 5.92 Å². The summed E-state index contributed by atoms with van der Waals surface area (Å²) >= 11 is 0. The standard InChI is InChI=1S/C27H28N2O2.ClH/c1-15-6-9-17-12-21-27(30)13-19-18-4-2-3-5-20(18)28-23(19)25-26(27,22(17)24(15)31-25)10-11-29(21)14-16-7-8-16;/h2-6,9,16,21,25,28,30H,7-8,10-14H2,1H3;1H/t21-,25+,26+,27-;/m1./s1. The highest BCUT2D eigenvalue weighted by Gasteiger charge is 2.72. The lowest BCUT2D eigenvalue weighted by molar-refractivity contribution is -0.173. The van der Waals surface area contributed by atoms with Gasteiger partial charge in [-0.1, -0.05) is 30.3 Å². The van der Waals surface area contributed by atoms with Gasteiger partial charge >= 0.3 is 0 Å². The van der Waals surface area contributed by atoms with E-state index in [1.165, 1.54) is 46.2 Å². The third kappa shape index (κ3) is 2.08. The molecule has 3 aliphatic carbocycles. The Labute approximate surface area is 194 Å². The first kappa shape index (κ1) is 19.5. The SMILES string of the molecule is Cc1ccc2c3c1O[C@H]1c4[nH]c5ccccc5c4C[C@@]4(O)[C@@H](C2)N(CC2CC2)CC[C@]314.Cl. The highest BCUT2D eigenvalue weighted by Crippen LogP contribution is 2.68. The molecule has 5 aliphatic rings. The molecule has 4 atom stereocenters. The number of halogens is 1. The normalized spacial score (nSPS) is 33.9. The summed E-state index contributed by atoms with van der Waals surface area (Å²) in [7, 11) is 0. The topological polar surface area (TPSA) is 48.5 Å². The molecule has 2 aliphatic heterocycles. The van der Waals surface area contributed by atoms with E-state index < -0.39 is 5.60 Å². The zero-order chi connectivity index (χ0) is 20.5. The van der Waals surface area contributed by atoms with Crippen molar-refractivity contribution in [1.82, 2.24) is 9.88 Å². The summed E-state index contributed by atoms with van der Waals surface area (Å²) in [6.07, 6.45) is 5.19. The molecule has 0 amide bonds. The van der Waals surface area contributed by atoms with Gasteiger partial charge in [-0.05, 0) is 67.8 Å². The number of likely N-dealkylation sites (tertiary alicyclic amines) is 1. The predicted octanol–water partition coefficient (Wildman–Crippen LogP) is 4.60. The van der Waals surface area contributed by atoms with Gasteiger partial charge in [-0.2, -0.15) is 0 Å². The maximum Gasteiger partial charge on any atom is 0.151 e. The van der Waals surface area contributed by atoms with Gasteiger partial charge in [-0.3, -0.25) is 4.90 Å². The number of fused-ring (bicyclic) bond motifs is 4. The Bertz CT molecular complexity index is 1280. The highest BCUT2D eigenvalue weighted by atomic mass is 35.5. The highest BCUT2D eigenvalue weighted by molar-refractivity contribution is 5.86. The van der Waals surface area contributed by atoms with E-state index in [4.69, 9.17) is 4.74 Å². The van der Waals surface area contributed by atoms with Gasteiger partial charge in [0.15, 0.2) is 6.10 Å². The van der Waals surface area contributed by atoms with Crippen molar-refractivity contribution in [3.63, 3.8) is 0 Å². The monoisotopic (exact) mass is 448 g/mol. The average Bonchev–Trinajstić information content (AvgIpc) is 3.40. The van der Waals surface area contributed by atoms with Crippen molar-refractivity contribution < 1.29 is 9.84 Å². The molecule has 32 heavy (non-hydrogen) atoms. The number of nitrogens with one attached hydrogen (secondary N) is 1. The van der Waals surface area contributed by atoms with E-state index in [0.29, 0.717) is 6.42 Å². The molecule has 5 heteroatoms. The van der Waals surface area contributed by atoms with Crippen molar-refractivity contribution in [2.45, 2.75) is 62.2 Å². The lowest BCUT2D eigenvalue weighted by atomic mass is 9.49. The molecule has 4 nitrogen and oxygen atoms in total. The molecular weight excluding hydrogens is 420 g/mol. The predicted molar refractivity (Wildman–Crippen MR) is 127 cm³/mol. The maximum absolute atomic E-state index is 12.8. The van der Waals surface area contributed by atoms with Crippen LogP contribution < -0.4 is 4.74 Å². The molecule has 0 unspecified atom stereocenters. The Balaban J connectivity index is 0.00000180. The third-order valence-corrected chi connectivity index (χ3v) is 9.29. The molecule has 8 rings (SSSR count). The summed E-state index contributed by atoms with van der Waals surface area (Å²) in [5.41, 5.74) is 6.41. The van der Waals surface area contributed by atoms with Crippen molar-refractivity contribution >= 4 is 23.3 Å². The second-order valence-electron chi connectivity index (χ2n) is 10.8. The summed E-state index contributed by atoms with van der Waals surface area (Å²) in [6.45, 7) is 4.36. The van der Waals surface area contributed by atoms with Gasteiger partial charge in [0.25, 0.3) is 0 Å².